The number of hydrogen-bond donors (Lipinski definition) is 0. The molecule has 338 valence electrons. The number of carbonyl (C=O) groups excluding carboxylic acids is 3. The van der Waals surface area contributed by atoms with Gasteiger partial charge in [-0.25, -0.2) is 0 Å². The van der Waals surface area contributed by atoms with E-state index in [1.165, 1.54) is 161 Å². The third-order valence-electron chi connectivity index (χ3n) is 11.5. The minimum absolute atomic E-state index is 0.0652. The van der Waals surface area contributed by atoms with Gasteiger partial charge in [-0.1, -0.05) is 240 Å². The van der Waals surface area contributed by atoms with E-state index in [0.717, 1.165) is 76.0 Å². The van der Waals surface area contributed by atoms with Crippen LogP contribution in [0.1, 0.15) is 279 Å². The molecule has 6 heteroatoms. The molecule has 0 aromatic heterocycles. The molecule has 1 atom stereocenters. The van der Waals surface area contributed by atoms with Crippen LogP contribution in [0.5, 0.6) is 0 Å². The highest BCUT2D eigenvalue weighted by molar-refractivity contribution is 5.71. The third-order valence-corrected chi connectivity index (χ3v) is 11.5. The van der Waals surface area contributed by atoms with Crippen LogP contribution in [0, 0.1) is 11.8 Å². The highest BCUT2D eigenvalue weighted by Crippen LogP contribution is 2.17. The van der Waals surface area contributed by atoms with E-state index in [4.69, 9.17) is 14.2 Å². The van der Waals surface area contributed by atoms with Crippen LogP contribution in [0.25, 0.3) is 0 Å². The van der Waals surface area contributed by atoms with Gasteiger partial charge in [-0.05, 0) is 31.1 Å². The summed E-state index contributed by atoms with van der Waals surface area (Å²) >= 11 is 0. The smallest absolute Gasteiger partial charge is 0.306 e. The average molecular weight is 807 g/mol. The van der Waals surface area contributed by atoms with E-state index in [1.807, 2.05) is 0 Å². The molecule has 0 fully saturated rings. The summed E-state index contributed by atoms with van der Waals surface area (Å²) in [5, 5.41) is 0. The summed E-state index contributed by atoms with van der Waals surface area (Å²) in [4.78, 5) is 37.6. The summed E-state index contributed by atoms with van der Waals surface area (Å²) in [5.74, 6) is 0.822. The molecule has 0 rings (SSSR count). The highest BCUT2D eigenvalue weighted by Gasteiger charge is 2.19. The van der Waals surface area contributed by atoms with Crippen molar-refractivity contribution in [3.63, 3.8) is 0 Å². The Morgan fingerprint density at radius 1 is 0.333 bits per heavy atom. The van der Waals surface area contributed by atoms with Crippen molar-refractivity contribution in [1.29, 1.82) is 0 Å². The van der Waals surface area contributed by atoms with Gasteiger partial charge < -0.3 is 14.2 Å². The molecule has 0 aromatic carbocycles. The highest BCUT2D eigenvalue weighted by atomic mass is 16.6. The predicted octanol–water partition coefficient (Wildman–Crippen LogP) is 16.1. The summed E-state index contributed by atoms with van der Waals surface area (Å²) in [5.41, 5.74) is 0. The molecular weight excluding hydrogens is 709 g/mol. The second-order valence-corrected chi connectivity index (χ2v) is 18.4. The summed E-state index contributed by atoms with van der Waals surface area (Å²) in [6.45, 7) is 11.3. The maximum Gasteiger partial charge on any atom is 0.306 e. The molecule has 0 radical (unpaired) electrons. The second-order valence-electron chi connectivity index (χ2n) is 18.4. The van der Waals surface area contributed by atoms with E-state index in [-0.39, 0.29) is 31.1 Å². The molecule has 0 aromatic rings. The van der Waals surface area contributed by atoms with Crippen LogP contribution in [0.3, 0.4) is 0 Å². The number of hydrogen-bond acceptors (Lipinski definition) is 6. The Bertz CT molecular complexity index is 870. The van der Waals surface area contributed by atoms with Crippen LogP contribution in [0.15, 0.2) is 0 Å². The van der Waals surface area contributed by atoms with Crippen molar-refractivity contribution in [3.05, 3.63) is 0 Å². The quantitative estimate of drug-likeness (QED) is 0.0346. The molecule has 6 nitrogen and oxygen atoms in total. The molecule has 0 bridgehead atoms. The van der Waals surface area contributed by atoms with E-state index in [2.05, 4.69) is 34.6 Å². The van der Waals surface area contributed by atoms with E-state index >= 15 is 0 Å². The molecule has 0 saturated carbocycles. The number of ether oxygens (including phenoxy) is 3. The average Bonchev–Trinajstić information content (AvgIpc) is 3.18. The first-order chi connectivity index (χ1) is 27.7. The Balaban J connectivity index is 4.06. The van der Waals surface area contributed by atoms with E-state index in [0.29, 0.717) is 19.3 Å². The van der Waals surface area contributed by atoms with Gasteiger partial charge in [0.2, 0.25) is 0 Å². The van der Waals surface area contributed by atoms with Crippen molar-refractivity contribution in [2.75, 3.05) is 13.2 Å². The SMILES string of the molecule is CCCCCCCC(=O)O[C@H](COC(=O)CCCCCCCCCCCCCCCCCCC(C)C)COC(=O)CCCCCCCCCCCCCCC(C)C. The van der Waals surface area contributed by atoms with Crippen molar-refractivity contribution in [1.82, 2.24) is 0 Å². The maximum absolute atomic E-state index is 12.6. The van der Waals surface area contributed by atoms with Gasteiger partial charge in [-0.2, -0.15) is 0 Å². The summed E-state index contributed by atoms with van der Waals surface area (Å²) in [6.07, 6.45) is 44.1. The first-order valence-corrected chi connectivity index (χ1v) is 25.2. The van der Waals surface area contributed by atoms with Crippen LogP contribution in [-0.4, -0.2) is 37.2 Å². The Kier molecular flexibility index (Phi) is 42.7. The van der Waals surface area contributed by atoms with Gasteiger partial charge in [0.15, 0.2) is 6.10 Å². The molecule has 0 N–H and O–H groups in total. The van der Waals surface area contributed by atoms with Gasteiger partial charge in [0, 0.05) is 19.3 Å². The van der Waals surface area contributed by atoms with Crippen LogP contribution in [0.2, 0.25) is 0 Å². The molecule has 0 unspecified atom stereocenters. The van der Waals surface area contributed by atoms with E-state index < -0.39 is 6.10 Å². The maximum atomic E-state index is 12.6. The van der Waals surface area contributed by atoms with Crippen LogP contribution in [0.4, 0.5) is 0 Å². The van der Waals surface area contributed by atoms with Crippen molar-refractivity contribution < 1.29 is 28.6 Å². The molecule has 0 aliphatic rings. The van der Waals surface area contributed by atoms with Crippen molar-refractivity contribution >= 4 is 17.9 Å². The van der Waals surface area contributed by atoms with Crippen molar-refractivity contribution in [2.45, 2.75) is 285 Å². The summed E-state index contributed by atoms with van der Waals surface area (Å²) in [6, 6.07) is 0. The van der Waals surface area contributed by atoms with Gasteiger partial charge in [-0.3, -0.25) is 14.4 Å². The Morgan fingerprint density at radius 2 is 0.579 bits per heavy atom. The zero-order valence-corrected chi connectivity index (χ0v) is 39.0. The lowest BCUT2D eigenvalue weighted by atomic mass is 10.0. The fraction of sp³-hybridized carbons (Fsp3) is 0.941. The van der Waals surface area contributed by atoms with Gasteiger partial charge in [0.25, 0.3) is 0 Å². The molecule has 0 aliphatic heterocycles. The summed E-state index contributed by atoms with van der Waals surface area (Å²) in [7, 11) is 0. The van der Waals surface area contributed by atoms with Gasteiger partial charge in [-0.15, -0.1) is 0 Å². The number of rotatable bonds is 45. The summed E-state index contributed by atoms with van der Waals surface area (Å²) < 4.78 is 16.7. The van der Waals surface area contributed by atoms with E-state index in [1.54, 1.807) is 0 Å². The van der Waals surface area contributed by atoms with E-state index in [9.17, 15) is 14.4 Å². The lowest BCUT2D eigenvalue weighted by Gasteiger charge is -2.18. The molecule has 57 heavy (non-hydrogen) atoms. The molecule has 0 saturated heterocycles. The minimum Gasteiger partial charge on any atom is -0.462 e. The fourth-order valence-corrected chi connectivity index (χ4v) is 7.64. The van der Waals surface area contributed by atoms with Gasteiger partial charge in [0.05, 0.1) is 0 Å². The first-order valence-electron chi connectivity index (χ1n) is 25.2. The molecule has 0 heterocycles. The Morgan fingerprint density at radius 3 is 0.860 bits per heavy atom. The monoisotopic (exact) mass is 807 g/mol. The van der Waals surface area contributed by atoms with Gasteiger partial charge in [0.1, 0.15) is 13.2 Å². The number of esters is 3. The predicted molar refractivity (Wildman–Crippen MR) is 243 cm³/mol. The fourth-order valence-electron chi connectivity index (χ4n) is 7.64. The Hall–Kier alpha value is -1.59. The normalized spacial score (nSPS) is 12.1. The number of unbranched alkanes of at least 4 members (excludes halogenated alkanes) is 30. The van der Waals surface area contributed by atoms with Gasteiger partial charge >= 0.3 is 17.9 Å². The molecule has 0 spiro atoms. The first kappa shape index (κ1) is 55.4. The standard InChI is InChI=1S/C51H98O6/c1-6-7-8-29-38-43-51(54)57-48(45-56-50(53)42-37-33-28-24-20-16-15-18-22-26-31-35-40-47(4)5)44-55-49(52)41-36-32-27-23-19-14-12-10-9-11-13-17-21-25-30-34-39-46(2)3/h46-48H,6-45H2,1-5H3/t48-/m1/s1. The third kappa shape index (κ3) is 45.3. The molecule has 0 amide bonds. The zero-order valence-electron chi connectivity index (χ0n) is 39.0. The zero-order chi connectivity index (χ0) is 41.9. The largest absolute Gasteiger partial charge is 0.462 e. The lowest BCUT2D eigenvalue weighted by molar-refractivity contribution is -0.167. The topological polar surface area (TPSA) is 78.9 Å². The number of carbonyl (C=O) groups is 3. The van der Waals surface area contributed by atoms with Crippen molar-refractivity contribution in [3.8, 4) is 0 Å². The second kappa shape index (κ2) is 44.0. The Labute approximate surface area is 355 Å². The minimum atomic E-state index is -0.759. The van der Waals surface area contributed by atoms with Crippen LogP contribution in [-0.2, 0) is 28.6 Å². The van der Waals surface area contributed by atoms with Crippen LogP contribution >= 0.6 is 0 Å². The lowest BCUT2D eigenvalue weighted by Crippen LogP contribution is -2.30. The molecular formula is C51H98O6. The molecule has 0 aliphatic carbocycles. The van der Waals surface area contributed by atoms with Crippen molar-refractivity contribution in [2.24, 2.45) is 11.8 Å². The van der Waals surface area contributed by atoms with Crippen LogP contribution < -0.4 is 0 Å².